The summed E-state index contributed by atoms with van der Waals surface area (Å²) in [6.45, 7) is 0.586. The van der Waals surface area contributed by atoms with Crippen LogP contribution in [0.25, 0.3) is 0 Å². The van der Waals surface area contributed by atoms with Crippen molar-refractivity contribution in [1.82, 2.24) is 0 Å². The van der Waals surface area contributed by atoms with Gasteiger partial charge in [0.15, 0.2) is 0 Å². The fourth-order valence-corrected chi connectivity index (χ4v) is 2.02. The molecule has 0 bridgehead atoms. The van der Waals surface area contributed by atoms with Crippen LogP contribution in [-0.2, 0) is 6.42 Å². The molecular formula is C16H16ClFO2. The summed E-state index contributed by atoms with van der Waals surface area (Å²) in [4.78, 5) is 0. The van der Waals surface area contributed by atoms with Gasteiger partial charge in [0, 0.05) is 6.07 Å². The molecule has 4 heteroatoms. The van der Waals surface area contributed by atoms with Crippen molar-refractivity contribution >= 4 is 11.6 Å². The van der Waals surface area contributed by atoms with Crippen molar-refractivity contribution in [1.29, 1.82) is 0 Å². The molecule has 0 saturated heterocycles. The molecule has 2 nitrogen and oxygen atoms in total. The first-order valence-corrected chi connectivity index (χ1v) is 6.89. The lowest BCUT2D eigenvalue weighted by atomic mass is 10.1. The number of phenolic OH excluding ortho intramolecular Hbond substituents is 1. The van der Waals surface area contributed by atoms with Gasteiger partial charge in [0.25, 0.3) is 0 Å². The molecule has 0 fully saturated rings. The molecule has 0 unspecified atom stereocenters. The number of benzene rings is 2. The summed E-state index contributed by atoms with van der Waals surface area (Å²) in [7, 11) is 0. The molecule has 0 aromatic heterocycles. The Morgan fingerprint density at radius 1 is 1.05 bits per heavy atom. The zero-order valence-corrected chi connectivity index (χ0v) is 11.7. The number of phenols is 1. The average molecular weight is 295 g/mol. The van der Waals surface area contributed by atoms with E-state index >= 15 is 0 Å². The van der Waals surface area contributed by atoms with E-state index in [1.807, 2.05) is 0 Å². The van der Waals surface area contributed by atoms with Gasteiger partial charge in [-0.1, -0.05) is 23.7 Å². The zero-order chi connectivity index (χ0) is 14.4. The van der Waals surface area contributed by atoms with Gasteiger partial charge in [0.2, 0.25) is 0 Å². The number of hydrogen-bond acceptors (Lipinski definition) is 2. The summed E-state index contributed by atoms with van der Waals surface area (Å²) in [5.74, 6) is 0.492. The maximum Gasteiger partial charge on any atom is 0.134 e. The number of hydrogen-bond donors (Lipinski definition) is 1. The van der Waals surface area contributed by atoms with Crippen molar-refractivity contribution in [2.24, 2.45) is 0 Å². The smallest absolute Gasteiger partial charge is 0.134 e. The van der Waals surface area contributed by atoms with Gasteiger partial charge in [-0.3, -0.25) is 0 Å². The molecule has 0 heterocycles. The van der Waals surface area contributed by atoms with Gasteiger partial charge in [-0.2, -0.15) is 0 Å². The minimum atomic E-state index is -0.207. The lowest BCUT2D eigenvalue weighted by molar-refractivity contribution is 0.306. The molecule has 0 saturated carbocycles. The van der Waals surface area contributed by atoms with Gasteiger partial charge in [0.05, 0.1) is 11.6 Å². The average Bonchev–Trinajstić information content (AvgIpc) is 2.44. The van der Waals surface area contributed by atoms with Gasteiger partial charge >= 0.3 is 0 Å². The van der Waals surface area contributed by atoms with E-state index in [4.69, 9.17) is 16.3 Å². The third-order valence-corrected chi connectivity index (χ3v) is 3.26. The number of rotatable bonds is 6. The summed E-state index contributed by atoms with van der Waals surface area (Å²) < 4.78 is 18.3. The van der Waals surface area contributed by atoms with Crippen LogP contribution in [-0.4, -0.2) is 11.7 Å². The lowest BCUT2D eigenvalue weighted by Crippen LogP contribution is -1.98. The number of ether oxygens (including phenoxy) is 1. The van der Waals surface area contributed by atoms with E-state index < -0.39 is 0 Å². The molecule has 1 N–H and O–H groups in total. The van der Waals surface area contributed by atoms with Crippen molar-refractivity contribution in [3.05, 3.63) is 58.9 Å². The van der Waals surface area contributed by atoms with Crippen LogP contribution < -0.4 is 4.74 Å². The molecule has 0 radical (unpaired) electrons. The van der Waals surface area contributed by atoms with E-state index in [0.29, 0.717) is 12.4 Å². The molecule has 2 rings (SSSR count). The Morgan fingerprint density at radius 3 is 2.50 bits per heavy atom. The summed E-state index contributed by atoms with van der Waals surface area (Å²) in [5, 5.41) is 9.57. The van der Waals surface area contributed by atoms with Gasteiger partial charge < -0.3 is 9.84 Å². The van der Waals surface area contributed by atoms with Crippen LogP contribution in [0.15, 0.2) is 42.5 Å². The molecular weight excluding hydrogens is 279 g/mol. The fraction of sp³-hybridized carbons (Fsp3) is 0.250. The quantitative estimate of drug-likeness (QED) is 0.790. The second kappa shape index (κ2) is 7.15. The summed E-state index contributed by atoms with van der Waals surface area (Å²) in [6, 6.07) is 11.3. The van der Waals surface area contributed by atoms with Crippen LogP contribution in [0.1, 0.15) is 18.4 Å². The number of aryl methyl sites for hydroxylation is 1. The van der Waals surface area contributed by atoms with E-state index in [2.05, 4.69) is 0 Å². The van der Waals surface area contributed by atoms with Crippen LogP contribution in [0.2, 0.25) is 5.02 Å². The van der Waals surface area contributed by atoms with E-state index in [-0.39, 0.29) is 16.6 Å². The monoisotopic (exact) mass is 294 g/mol. The van der Waals surface area contributed by atoms with Crippen LogP contribution in [0.3, 0.4) is 0 Å². The maximum absolute atomic E-state index is 12.7. The highest BCUT2D eigenvalue weighted by Crippen LogP contribution is 2.27. The molecule has 0 spiro atoms. The Hall–Kier alpha value is -1.74. The summed E-state index contributed by atoms with van der Waals surface area (Å²) >= 11 is 5.79. The van der Waals surface area contributed by atoms with Crippen molar-refractivity contribution in [2.45, 2.75) is 19.3 Å². The van der Waals surface area contributed by atoms with Gasteiger partial charge in [-0.05, 0) is 49.1 Å². The van der Waals surface area contributed by atoms with Gasteiger partial charge in [-0.25, -0.2) is 4.39 Å². The Kier molecular flexibility index (Phi) is 5.24. The predicted molar refractivity (Wildman–Crippen MR) is 77.9 cm³/mol. The second-order valence-electron chi connectivity index (χ2n) is 4.55. The first-order valence-electron chi connectivity index (χ1n) is 6.51. The summed E-state index contributed by atoms with van der Waals surface area (Å²) in [5.41, 5.74) is 1.12. The van der Waals surface area contributed by atoms with Crippen molar-refractivity contribution in [2.75, 3.05) is 6.61 Å². The van der Waals surface area contributed by atoms with Gasteiger partial charge in [-0.15, -0.1) is 0 Å². The van der Waals surface area contributed by atoms with E-state index in [1.165, 1.54) is 18.2 Å². The Morgan fingerprint density at radius 2 is 1.80 bits per heavy atom. The minimum absolute atomic E-state index is 0.0512. The molecule has 2 aromatic rings. The zero-order valence-electron chi connectivity index (χ0n) is 11.0. The lowest BCUT2D eigenvalue weighted by Gasteiger charge is -2.07. The number of aromatic hydroxyl groups is 1. The molecule has 0 atom stereocenters. The topological polar surface area (TPSA) is 29.5 Å². The Bertz CT molecular complexity index is 555. The summed E-state index contributed by atoms with van der Waals surface area (Å²) in [6.07, 6.45) is 2.77. The fourth-order valence-electron chi connectivity index (χ4n) is 1.85. The van der Waals surface area contributed by atoms with E-state index in [0.717, 1.165) is 24.8 Å². The van der Waals surface area contributed by atoms with Gasteiger partial charge in [0.1, 0.15) is 17.3 Å². The molecule has 20 heavy (non-hydrogen) atoms. The number of unbranched alkanes of at least 4 members (excludes halogenated alkanes) is 1. The highest BCUT2D eigenvalue weighted by atomic mass is 35.5. The third-order valence-electron chi connectivity index (χ3n) is 2.96. The minimum Gasteiger partial charge on any atom is -0.506 e. The molecule has 106 valence electrons. The maximum atomic E-state index is 12.7. The number of halogens is 2. The van der Waals surface area contributed by atoms with E-state index in [9.17, 15) is 9.50 Å². The molecule has 0 amide bonds. The van der Waals surface area contributed by atoms with Crippen LogP contribution in [0.5, 0.6) is 11.5 Å². The first kappa shape index (κ1) is 14.7. The standard InChI is InChI=1S/C16H16ClFO2/c17-15-11-14(8-9-16(15)19)20-10-2-1-3-12-4-6-13(18)7-5-12/h4-9,11,19H,1-3,10H2. The molecule has 2 aromatic carbocycles. The first-order chi connectivity index (χ1) is 9.65. The van der Waals surface area contributed by atoms with Crippen molar-refractivity contribution < 1.29 is 14.2 Å². The Balaban J connectivity index is 1.68. The SMILES string of the molecule is Oc1ccc(OCCCCc2ccc(F)cc2)cc1Cl. The molecule has 0 aliphatic heterocycles. The third kappa shape index (κ3) is 4.42. The van der Waals surface area contributed by atoms with E-state index in [1.54, 1.807) is 24.3 Å². The van der Waals surface area contributed by atoms with Crippen LogP contribution in [0.4, 0.5) is 4.39 Å². The highest BCUT2D eigenvalue weighted by molar-refractivity contribution is 6.32. The second-order valence-corrected chi connectivity index (χ2v) is 4.95. The highest BCUT2D eigenvalue weighted by Gasteiger charge is 2.01. The van der Waals surface area contributed by atoms with Crippen molar-refractivity contribution in [3.8, 4) is 11.5 Å². The molecule has 0 aliphatic rings. The normalized spacial score (nSPS) is 10.5. The largest absolute Gasteiger partial charge is 0.506 e. The van der Waals surface area contributed by atoms with Crippen LogP contribution in [0, 0.1) is 5.82 Å². The Labute approximate surface area is 122 Å². The van der Waals surface area contributed by atoms with Crippen molar-refractivity contribution in [3.63, 3.8) is 0 Å². The molecule has 0 aliphatic carbocycles. The predicted octanol–water partition coefficient (Wildman–Crippen LogP) is 4.59. The van der Waals surface area contributed by atoms with Crippen LogP contribution >= 0.6 is 11.6 Å².